The molecule has 2 rings (SSSR count). The topological polar surface area (TPSA) is 29.9 Å². The second-order valence-corrected chi connectivity index (χ2v) is 4.83. The smallest absolute Gasteiger partial charge is 0.0629 e. The van der Waals surface area contributed by atoms with Crippen LogP contribution in [-0.4, -0.2) is 21.9 Å². The maximum atomic E-state index is 4.41. The first-order chi connectivity index (χ1) is 6.50. The van der Waals surface area contributed by atoms with E-state index in [-0.39, 0.29) is 5.54 Å². The summed E-state index contributed by atoms with van der Waals surface area (Å²) in [5.74, 6) is 0.608. The molecule has 0 radical (unpaired) electrons. The Labute approximate surface area is 85.5 Å². The van der Waals surface area contributed by atoms with Crippen molar-refractivity contribution in [1.82, 2.24) is 15.1 Å². The maximum absolute atomic E-state index is 4.41. The fourth-order valence-corrected chi connectivity index (χ4v) is 2.53. The van der Waals surface area contributed by atoms with Gasteiger partial charge in [0, 0.05) is 24.7 Å². The average molecular weight is 193 g/mol. The van der Waals surface area contributed by atoms with E-state index >= 15 is 0 Å². The van der Waals surface area contributed by atoms with Crippen molar-refractivity contribution in [3.63, 3.8) is 0 Å². The summed E-state index contributed by atoms with van der Waals surface area (Å²) < 4.78 is 1.92. The van der Waals surface area contributed by atoms with E-state index in [1.54, 1.807) is 0 Å². The van der Waals surface area contributed by atoms with Crippen LogP contribution in [-0.2, 0) is 7.05 Å². The summed E-state index contributed by atoms with van der Waals surface area (Å²) in [5.41, 5.74) is 2.80. The van der Waals surface area contributed by atoms with E-state index < -0.39 is 0 Å². The van der Waals surface area contributed by atoms with Crippen molar-refractivity contribution in [2.24, 2.45) is 7.05 Å². The van der Waals surface area contributed by atoms with Crippen LogP contribution in [0.2, 0.25) is 0 Å². The zero-order valence-corrected chi connectivity index (χ0v) is 9.46. The molecule has 2 heterocycles. The van der Waals surface area contributed by atoms with Crippen molar-refractivity contribution < 1.29 is 0 Å². The highest BCUT2D eigenvalue weighted by molar-refractivity contribution is 5.26. The molecular formula is C11H19N3. The lowest BCUT2D eigenvalue weighted by atomic mass is 9.84. The van der Waals surface area contributed by atoms with Gasteiger partial charge in [0.05, 0.1) is 5.69 Å². The van der Waals surface area contributed by atoms with Crippen molar-refractivity contribution in [1.29, 1.82) is 0 Å². The minimum atomic E-state index is 0.216. The standard InChI is InChI=1S/C11H19N3/c1-8-9(7-14(4)13-8)10-5-6-12-11(10,2)3/h7,10,12H,5-6H2,1-4H3. The molecule has 0 bridgehead atoms. The Morgan fingerprint density at radius 3 is 2.71 bits per heavy atom. The van der Waals surface area contributed by atoms with E-state index in [2.05, 4.69) is 37.4 Å². The van der Waals surface area contributed by atoms with Crippen LogP contribution >= 0.6 is 0 Å². The molecule has 78 valence electrons. The van der Waals surface area contributed by atoms with Gasteiger partial charge < -0.3 is 5.32 Å². The molecule has 1 aliphatic heterocycles. The Kier molecular flexibility index (Phi) is 2.14. The lowest BCUT2D eigenvalue weighted by Gasteiger charge is -2.26. The second-order valence-electron chi connectivity index (χ2n) is 4.83. The third-order valence-electron chi connectivity index (χ3n) is 3.31. The molecule has 1 aliphatic rings. The molecule has 14 heavy (non-hydrogen) atoms. The van der Waals surface area contributed by atoms with Gasteiger partial charge in [-0.25, -0.2) is 0 Å². The monoisotopic (exact) mass is 193 g/mol. The molecule has 1 aromatic heterocycles. The summed E-state index contributed by atoms with van der Waals surface area (Å²) in [6.45, 7) is 7.77. The van der Waals surface area contributed by atoms with Crippen LogP contribution in [0.3, 0.4) is 0 Å². The molecule has 0 saturated carbocycles. The summed E-state index contributed by atoms with van der Waals surface area (Å²) in [4.78, 5) is 0. The highest BCUT2D eigenvalue weighted by atomic mass is 15.3. The fourth-order valence-electron chi connectivity index (χ4n) is 2.53. The van der Waals surface area contributed by atoms with E-state index in [1.165, 1.54) is 17.7 Å². The summed E-state index contributed by atoms with van der Waals surface area (Å²) in [6.07, 6.45) is 3.38. The Morgan fingerprint density at radius 1 is 1.57 bits per heavy atom. The van der Waals surface area contributed by atoms with Crippen LogP contribution in [0.15, 0.2) is 6.20 Å². The van der Waals surface area contributed by atoms with Gasteiger partial charge in [-0.3, -0.25) is 4.68 Å². The molecule has 1 N–H and O–H groups in total. The van der Waals surface area contributed by atoms with E-state index in [0.717, 1.165) is 6.54 Å². The first-order valence-corrected chi connectivity index (χ1v) is 5.26. The third kappa shape index (κ3) is 1.46. The van der Waals surface area contributed by atoms with Crippen LogP contribution in [0.1, 0.15) is 37.4 Å². The predicted molar refractivity (Wildman–Crippen MR) is 57.4 cm³/mol. The van der Waals surface area contributed by atoms with E-state index in [1.807, 2.05) is 11.7 Å². The van der Waals surface area contributed by atoms with Gasteiger partial charge in [0.1, 0.15) is 0 Å². The zero-order chi connectivity index (χ0) is 10.3. The Hall–Kier alpha value is -0.830. The normalized spacial score (nSPS) is 25.6. The molecule has 0 aromatic carbocycles. The number of hydrogen-bond acceptors (Lipinski definition) is 2. The molecule has 0 spiro atoms. The average Bonchev–Trinajstić information content (AvgIpc) is 2.54. The summed E-state index contributed by atoms with van der Waals surface area (Å²) in [5, 5.41) is 7.95. The van der Waals surface area contributed by atoms with E-state index in [9.17, 15) is 0 Å². The van der Waals surface area contributed by atoms with Gasteiger partial charge >= 0.3 is 0 Å². The number of aryl methyl sites for hydroxylation is 2. The Morgan fingerprint density at radius 2 is 2.29 bits per heavy atom. The molecular weight excluding hydrogens is 174 g/mol. The van der Waals surface area contributed by atoms with Crippen LogP contribution in [0.25, 0.3) is 0 Å². The van der Waals surface area contributed by atoms with E-state index in [4.69, 9.17) is 0 Å². The number of aromatic nitrogens is 2. The van der Waals surface area contributed by atoms with Gasteiger partial charge in [0.15, 0.2) is 0 Å². The second kappa shape index (κ2) is 3.09. The highest BCUT2D eigenvalue weighted by Crippen LogP contribution is 2.36. The molecule has 3 nitrogen and oxygen atoms in total. The first-order valence-electron chi connectivity index (χ1n) is 5.26. The van der Waals surface area contributed by atoms with Crippen LogP contribution in [0.5, 0.6) is 0 Å². The van der Waals surface area contributed by atoms with Gasteiger partial charge in [0.2, 0.25) is 0 Å². The van der Waals surface area contributed by atoms with Crippen molar-refractivity contribution >= 4 is 0 Å². The molecule has 1 saturated heterocycles. The largest absolute Gasteiger partial charge is 0.311 e. The molecule has 1 unspecified atom stereocenters. The lowest BCUT2D eigenvalue weighted by Crippen LogP contribution is -2.36. The van der Waals surface area contributed by atoms with E-state index in [0.29, 0.717) is 5.92 Å². The summed E-state index contributed by atoms with van der Waals surface area (Å²) in [6, 6.07) is 0. The van der Waals surface area contributed by atoms with Gasteiger partial charge in [-0.1, -0.05) is 0 Å². The third-order valence-corrected chi connectivity index (χ3v) is 3.31. The molecule has 0 aliphatic carbocycles. The van der Waals surface area contributed by atoms with Crippen molar-refractivity contribution in [2.45, 2.75) is 38.6 Å². The maximum Gasteiger partial charge on any atom is 0.0629 e. The Balaban J connectivity index is 2.35. The van der Waals surface area contributed by atoms with Gasteiger partial charge in [-0.15, -0.1) is 0 Å². The minimum Gasteiger partial charge on any atom is -0.311 e. The molecule has 3 heteroatoms. The lowest BCUT2D eigenvalue weighted by molar-refractivity contribution is 0.410. The quantitative estimate of drug-likeness (QED) is 0.734. The summed E-state index contributed by atoms with van der Waals surface area (Å²) in [7, 11) is 1.99. The number of nitrogens with one attached hydrogen (secondary N) is 1. The number of hydrogen-bond donors (Lipinski definition) is 1. The fraction of sp³-hybridized carbons (Fsp3) is 0.727. The highest BCUT2D eigenvalue weighted by Gasteiger charge is 2.36. The van der Waals surface area contributed by atoms with Crippen molar-refractivity contribution in [2.75, 3.05) is 6.54 Å². The van der Waals surface area contributed by atoms with Gasteiger partial charge in [0.25, 0.3) is 0 Å². The number of rotatable bonds is 1. The molecule has 0 amide bonds. The molecule has 1 aromatic rings. The molecule has 1 fully saturated rings. The summed E-state index contributed by atoms with van der Waals surface area (Å²) >= 11 is 0. The van der Waals surface area contributed by atoms with Crippen LogP contribution in [0.4, 0.5) is 0 Å². The minimum absolute atomic E-state index is 0.216. The first kappa shape index (κ1) is 9.71. The van der Waals surface area contributed by atoms with Crippen molar-refractivity contribution in [3.05, 3.63) is 17.5 Å². The zero-order valence-electron chi connectivity index (χ0n) is 9.46. The molecule has 1 atom stereocenters. The van der Waals surface area contributed by atoms with Crippen LogP contribution < -0.4 is 5.32 Å². The van der Waals surface area contributed by atoms with Crippen molar-refractivity contribution in [3.8, 4) is 0 Å². The van der Waals surface area contributed by atoms with Crippen LogP contribution in [0, 0.1) is 6.92 Å². The van der Waals surface area contributed by atoms with Gasteiger partial charge in [-0.05, 0) is 39.3 Å². The predicted octanol–water partition coefficient (Wildman–Crippen LogP) is 1.58. The van der Waals surface area contributed by atoms with Gasteiger partial charge in [-0.2, -0.15) is 5.10 Å². The SMILES string of the molecule is Cc1nn(C)cc1C1CCNC1(C)C. The Bertz CT molecular complexity index is 338. The number of nitrogens with zero attached hydrogens (tertiary/aromatic N) is 2.